The van der Waals surface area contributed by atoms with Gasteiger partial charge in [0.2, 0.25) is 0 Å². The van der Waals surface area contributed by atoms with E-state index in [1.54, 1.807) is 7.11 Å². The van der Waals surface area contributed by atoms with Crippen LogP contribution >= 0.6 is 15.9 Å². The molecule has 0 aliphatic carbocycles. The van der Waals surface area contributed by atoms with E-state index in [0.717, 1.165) is 24.0 Å². The monoisotopic (exact) mass is 328 g/mol. The van der Waals surface area contributed by atoms with Crippen molar-refractivity contribution < 1.29 is 4.74 Å². The zero-order valence-electron chi connectivity index (χ0n) is 12.3. The molecule has 19 heavy (non-hydrogen) atoms. The largest absolute Gasteiger partial charge is 0.383 e. The molecule has 1 N–H and O–H groups in total. The lowest BCUT2D eigenvalue weighted by atomic mass is 10.0. The maximum Gasteiger partial charge on any atom is 0.0615 e. The predicted molar refractivity (Wildman–Crippen MR) is 84.5 cm³/mol. The molecule has 0 aromatic heterocycles. The molecule has 1 aromatic carbocycles. The second kappa shape index (κ2) is 8.69. The Kier molecular flexibility index (Phi) is 7.61. The fraction of sp³-hybridized carbons (Fsp3) is 0.600. The van der Waals surface area contributed by atoms with Crippen LogP contribution in [-0.4, -0.2) is 45.3 Å². The van der Waals surface area contributed by atoms with E-state index < -0.39 is 0 Å². The number of rotatable bonds is 8. The second-order valence-electron chi connectivity index (χ2n) is 4.97. The van der Waals surface area contributed by atoms with Crippen LogP contribution in [0.25, 0.3) is 0 Å². The number of benzene rings is 1. The Morgan fingerprint density at radius 1 is 1.42 bits per heavy atom. The molecule has 2 unspecified atom stereocenters. The molecule has 108 valence electrons. The van der Waals surface area contributed by atoms with Crippen LogP contribution in [0, 0.1) is 0 Å². The first-order valence-electron chi connectivity index (χ1n) is 6.70. The SMILES string of the molecule is CNC(CCN(C)C(C)COC)c1cccc(Br)c1. The summed E-state index contributed by atoms with van der Waals surface area (Å²) in [6.07, 6.45) is 1.08. The summed E-state index contributed by atoms with van der Waals surface area (Å²) in [6.45, 7) is 4.01. The molecule has 0 saturated carbocycles. The molecule has 0 aliphatic heterocycles. The van der Waals surface area contributed by atoms with Crippen LogP contribution in [0.1, 0.15) is 24.9 Å². The molecule has 3 nitrogen and oxygen atoms in total. The lowest BCUT2D eigenvalue weighted by Crippen LogP contribution is -2.35. The summed E-state index contributed by atoms with van der Waals surface area (Å²) < 4.78 is 6.33. The smallest absolute Gasteiger partial charge is 0.0615 e. The Morgan fingerprint density at radius 2 is 2.16 bits per heavy atom. The van der Waals surface area contributed by atoms with Gasteiger partial charge in [0.05, 0.1) is 6.61 Å². The van der Waals surface area contributed by atoms with Crippen molar-refractivity contribution >= 4 is 15.9 Å². The van der Waals surface area contributed by atoms with Crippen molar-refractivity contribution in [3.05, 3.63) is 34.3 Å². The Balaban J connectivity index is 2.53. The van der Waals surface area contributed by atoms with Gasteiger partial charge in [-0.15, -0.1) is 0 Å². The molecule has 0 aliphatic rings. The molecule has 0 heterocycles. The number of hydrogen-bond acceptors (Lipinski definition) is 3. The number of likely N-dealkylation sites (N-methyl/N-ethyl adjacent to an activating group) is 1. The predicted octanol–water partition coefficient (Wildman–Crippen LogP) is 3.07. The lowest BCUT2D eigenvalue weighted by molar-refractivity contribution is 0.113. The van der Waals surface area contributed by atoms with Gasteiger partial charge in [-0.25, -0.2) is 0 Å². The van der Waals surface area contributed by atoms with Crippen molar-refractivity contribution in [1.29, 1.82) is 0 Å². The molecular formula is C15H25BrN2O. The van der Waals surface area contributed by atoms with E-state index in [0.29, 0.717) is 12.1 Å². The molecule has 0 radical (unpaired) electrons. The van der Waals surface area contributed by atoms with E-state index in [1.165, 1.54) is 5.56 Å². The summed E-state index contributed by atoms with van der Waals surface area (Å²) in [5, 5.41) is 3.39. The zero-order chi connectivity index (χ0) is 14.3. The summed E-state index contributed by atoms with van der Waals surface area (Å²) in [6, 6.07) is 9.33. The Bertz CT molecular complexity index is 373. The quantitative estimate of drug-likeness (QED) is 0.793. The third-order valence-electron chi connectivity index (χ3n) is 3.53. The fourth-order valence-electron chi connectivity index (χ4n) is 2.12. The third kappa shape index (κ3) is 5.61. The van der Waals surface area contributed by atoms with Crippen LogP contribution in [0.5, 0.6) is 0 Å². The summed E-state index contributed by atoms with van der Waals surface area (Å²) >= 11 is 3.53. The molecule has 1 aromatic rings. The molecule has 0 spiro atoms. The average Bonchev–Trinajstić information content (AvgIpc) is 2.39. The number of nitrogens with zero attached hydrogens (tertiary/aromatic N) is 1. The van der Waals surface area contributed by atoms with Crippen LogP contribution in [-0.2, 0) is 4.74 Å². The van der Waals surface area contributed by atoms with Gasteiger partial charge < -0.3 is 15.0 Å². The number of ether oxygens (including phenoxy) is 1. The van der Waals surface area contributed by atoms with Gasteiger partial charge in [-0.1, -0.05) is 28.1 Å². The highest BCUT2D eigenvalue weighted by Gasteiger charge is 2.13. The summed E-state index contributed by atoms with van der Waals surface area (Å²) in [5.74, 6) is 0. The molecule has 2 atom stereocenters. The van der Waals surface area contributed by atoms with Crippen molar-refractivity contribution in [3.63, 3.8) is 0 Å². The van der Waals surface area contributed by atoms with Crippen molar-refractivity contribution in [2.24, 2.45) is 0 Å². The summed E-state index contributed by atoms with van der Waals surface area (Å²) in [4.78, 5) is 2.34. The third-order valence-corrected chi connectivity index (χ3v) is 4.02. The van der Waals surface area contributed by atoms with E-state index in [-0.39, 0.29) is 0 Å². The Morgan fingerprint density at radius 3 is 2.74 bits per heavy atom. The van der Waals surface area contributed by atoms with Gasteiger partial charge >= 0.3 is 0 Å². The highest BCUT2D eigenvalue weighted by molar-refractivity contribution is 9.10. The normalized spacial score (nSPS) is 14.6. The zero-order valence-corrected chi connectivity index (χ0v) is 13.9. The molecule has 1 rings (SSSR count). The molecular weight excluding hydrogens is 304 g/mol. The van der Waals surface area contributed by atoms with Crippen LogP contribution in [0.15, 0.2) is 28.7 Å². The van der Waals surface area contributed by atoms with Crippen LogP contribution < -0.4 is 5.32 Å². The van der Waals surface area contributed by atoms with Crippen LogP contribution in [0.4, 0.5) is 0 Å². The highest BCUT2D eigenvalue weighted by atomic mass is 79.9. The Labute approximate surface area is 125 Å². The topological polar surface area (TPSA) is 24.5 Å². The van der Waals surface area contributed by atoms with Crippen molar-refractivity contribution in [2.75, 3.05) is 34.4 Å². The second-order valence-corrected chi connectivity index (χ2v) is 5.89. The van der Waals surface area contributed by atoms with Gasteiger partial charge in [-0.3, -0.25) is 0 Å². The van der Waals surface area contributed by atoms with E-state index in [4.69, 9.17) is 4.74 Å². The molecule has 0 bridgehead atoms. The first kappa shape index (κ1) is 16.6. The van der Waals surface area contributed by atoms with Crippen molar-refractivity contribution in [2.45, 2.75) is 25.4 Å². The number of methoxy groups -OCH3 is 1. The van der Waals surface area contributed by atoms with Gasteiger partial charge in [-0.2, -0.15) is 0 Å². The van der Waals surface area contributed by atoms with E-state index in [9.17, 15) is 0 Å². The fourth-order valence-corrected chi connectivity index (χ4v) is 2.54. The minimum absolute atomic E-state index is 0.384. The van der Waals surface area contributed by atoms with E-state index in [1.807, 2.05) is 7.05 Å². The Hall–Kier alpha value is -0.420. The molecule has 0 fully saturated rings. The minimum Gasteiger partial charge on any atom is -0.383 e. The number of halogens is 1. The van der Waals surface area contributed by atoms with E-state index >= 15 is 0 Å². The molecule has 0 saturated heterocycles. The molecule has 0 amide bonds. The maximum absolute atomic E-state index is 5.19. The van der Waals surface area contributed by atoms with Crippen LogP contribution in [0.3, 0.4) is 0 Å². The average molecular weight is 329 g/mol. The summed E-state index contributed by atoms with van der Waals surface area (Å²) in [7, 11) is 5.92. The van der Waals surface area contributed by atoms with Gasteiger partial charge in [0.1, 0.15) is 0 Å². The first-order valence-corrected chi connectivity index (χ1v) is 7.49. The van der Waals surface area contributed by atoms with Gasteiger partial charge in [0.15, 0.2) is 0 Å². The van der Waals surface area contributed by atoms with Gasteiger partial charge in [-0.05, 0) is 45.1 Å². The standard InChI is InChI=1S/C15H25BrN2O/c1-12(11-19-4)18(3)9-8-15(17-2)13-6-5-7-14(16)10-13/h5-7,10,12,15,17H,8-9,11H2,1-4H3. The van der Waals surface area contributed by atoms with Crippen molar-refractivity contribution in [3.8, 4) is 0 Å². The van der Waals surface area contributed by atoms with Gasteiger partial charge in [0.25, 0.3) is 0 Å². The molecule has 4 heteroatoms. The first-order chi connectivity index (χ1) is 9.08. The number of nitrogens with one attached hydrogen (secondary N) is 1. The van der Waals surface area contributed by atoms with Gasteiger partial charge in [0, 0.05) is 30.2 Å². The maximum atomic E-state index is 5.19. The highest BCUT2D eigenvalue weighted by Crippen LogP contribution is 2.21. The number of hydrogen-bond donors (Lipinski definition) is 1. The summed E-state index contributed by atoms with van der Waals surface area (Å²) in [5.41, 5.74) is 1.32. The van der Waals surface area contributed by atoms with Crippen molar-refractivity contribution in [1.82, 2.24) is 10.2 Å². The lowest BCUT2D eigenvalue weighted by Gasteiger charge is -2.26. The van der Waals surface area contributed by atoms with E-state index in [2.05, 4.69) is 64.4 Å². The van der Waals surface area contributed by atoms with Crippen LogP contribution in [0.2, 0.25) is 0 Å². The minimum atomic E-state index is 0.384.